The van der Waals surface area contributed by atoms with Crippen molar-refractivity contribution in [2.24, 2.45) is 0 Å². The summed E-state index contributed by atoms with van der Waals surface area (Å²) in [4.78, 5) is 39.0. The van der Waals surface area contributed by atoms with Crippen LogP contribution in [0, 0.1) is 6.92 Å². The van der Waals surface area contributed by atoms with Gasteiger partial charge in [-0.05, 0) is 56.4 Å². The summed E-state index contributed by atoms with van der Waals surface area (Å²) in [5.74, 6) is 3.69. The highest BCUT2D eigenvalue weighted by Gasteiger charge is 2.27. The van der Waals surface area contributed by atoms with E-state index >= 15 is 0 Å². The fraction of sp³-hybridized carbons (Fsp3) is 0.346. The van der Waals surface area contributed by atoms with Gasteiger partial charge in [-0.25, -0.2) is 24.7 Å². The van der Waals surface area contributed by atoms with Crippen LogP contribution in [0.5, 0.6) is 11.6 Å². The number of hydrogen-bond donors (Lipinski definition) is 2. The number of pyridine rings is 1. The highest BCUT2D eigenvalue weighted by molar-refractivity contribution is 5.80. The third-order valence-corrected chi connectivity index (χ3v) is 7.23. The third-order valence-electron chi connectivity index (χ3n) is 7.23. The van der Waals surface area contributed by atoms with Crippen molar-refractivity contribution in [1.82, 2.24) is 34.5 Å². The highest BCUT2D eigenvalue weighted by atomic mass is 16.5. The molecule has 0 bridgehead atoms. The molecule has 0 radical (unpaired) electrons. The van der Waals surface area contributed by atoms with Gasteiger partial charge in [0, 0.05) is 43.4 Å². The van der Waals surface area contributed by atoms with Gasteiger partial charge in [-0.1, -0.05) is 0 Å². The van der Waals surface area contributed by atoms with Crippen molar-refractivity contribution in [2.45, 2.75) is 44.6 Å². The van der Waals surface area contributed by atoms with Gasteiger partial charge in [-0.15, -0.1) is 0 Å². The Bertz CT molecular complexity index is 1640. The Morgan fingerprint density at radius 1 is 1.03 bits per heavy atom. The second-order valence-corrected chi connectivity index (χ2v) is 9.74. The fourth-order valence-electron chi connectivity index (χ4n) is 5.24. The molecule has 36 heavy (non-hydrogen) atoms. The largest absolute Gasteiger partial charge is 0.439 e. The summed E-state index contributed by atoms with van der Waals surface area (Å²) in [6, 6.07) is 9.79. The first-order valence-electron chi connectivity index (χ1n) is 12.4. The summed E-state index contributed by atoms with van der Waals surface area (Å²) < 4.78 is 7.99. The Morgan fingerprint density at radius 2 is 1.89 bits per heavy atom. The number of aromatic amines is 2. The van der Waals surface area contributed by atoms with Crippen LogP contribution in [0.4, 0.5) is 5.82 Å². The molecule has 7 rings (SSSR count). The number of nitrogens with one attached hydrogen (secondary N) is 2. The number of nitrogens with zero attached hydrogens (tertiary/aromatic N) is 6. The number of hydrogen-bond acceptors (Lipinski definition) is 7. The van der Waals surface area contributed by atoms with Gasteiger partial charge >= 0.3 is 5.69 Å². The zero-order valence-electron chi connectivity index (χ0n) is 19.9. The molecule has 1 aliphatic heterocycles. The third kappa shape index (κ3) is 3.69. The number of aromatic nitrogens is 7. The van der Waals surface area contributed by atoms with Gasteiger partial charge in [-0.3, -0.25) is 9.55 Å². The lowest BCUT2D eigenvalue weighted by Crippen LogP contribution is -2.37. The minimum Gasteiger partial charge on any atom is -0.439 e. The second kappa shape index (κ2) is 8.18. The summed E-state index contributed by atoms with van der Waals surface area (Å²) >= 11 is 0. The smallest absolute Gasteiger partial charge is 0.327 e. The van der Waals surface area contributed by atoms with Crippen LogP contribution in [0.2, 0.25) is 0 Å². The number of H-pyrrole nitrogens is 2. The van der Waals surface area contributed by atoms with Gasteiger partial charge in [0.05, 0.1) is 16.6 Å². The molecular formula is C26H26N8O2. The SMILES string of the molecule is Cc1cc(Oc2cc(N3CCC(n4c(=O)[nH]c5ncccc54)CC3)ncn2)cc2[nH]c(C3CC3)nc12. The molecule has 1 saturated carbocycles. The lowest BCUT2D eigenvalue weighted by atomic mass is 10.0. The van der Waals surface area contributed by atoms with Gasteiger partial charge in [-0.2, -0.15) is 0 Å². The summed E-state index contributed by atoms with van der Waals surface area (Å²) in [6.45, 7) is 3.62. The Morgan fingerprint density at radius 3 is 2.72 bits per heavy atom. The summed E-state index contributed by atoms with van der Waals surface area (Å²) in [5.41, 5.74) is 4.45. The number of ether oxygens (including phenoxy) is 1. The highest BCUT2D eigenvalue weighted by Crippen LogP contribution is 2.40. The first kappa shape index (κ1) is 21.1. The molecule has 4 aromatic heterocycles. The molecule has 1 aromatic carbocycles. The number of imidazole rings is 2. The molecular weight excluding hydrogens is 456 g/mol. The van der Waals surface area contributed by atoms with Crippen LogP contribution >= 0.6 is 0 Å². The van der Waals surface area contributed by atoms with Gasteiger partial charge in [0.2, 0.25) is 5.88 Å². The van der Waals surface area contributed by atoms with E-state index in [9.17, 15) is 4.79 Å². The molecule has 0 atom stereocenters. The number of benzene rings is 1. The Kier molecular flexibility index (Phi) is 4.80. The molecule has 10 heteroatoms. The lowest BCUT2D eigenvalue weighted by Gasteiger charge is -2.33. The molecule has 5 heterocycles. The van der Waals surface area contributed by atoms with Crippen LogP contribution in [-0.2, 0) is 0 Å². The predicted molar refractivity (Wildman–Crippen MR) is 136 cm³/mol. The van der Waals surface area contributed by atoms with E-state index in [1.165, 1.54) is 12.8 Å². The van der Waals surface area contributed by atoms with Crippen molar-refractivity contribution in [3.63, 3.8) is 0 Å². The first-order valence-corrected chi connectivity index (χ1v) is 12.4. The average molecular weight is 483 g/mol. The molecule has 2 N–H and O–H groups in total. The molecule has 1 aliphatic carbocycles. The predicted octanol–water partition coefficient (Wildman–Crippen LogP) is 4.21. The zero-order valence-corrected chi connectivity index (χ0v) is 19.9. The van der Waals surface area contributed by atoms with Crippen molar-refractivity contribution in [3.8, 4) is 11.6 Å². The molecule has 1 saturated heterocycles. The Balaban J connectivity index is 1.08. The van der Waals surface area contributed by atoms with Gasteiger partial charge < -0.3 is 14.6 Å². The van der Waals surface area contributed by atoms with E-state index in [0.29, 0.717) is 17.4 Å². The first-order chi connectivity index (χ1) is 17.6. The van der Waals surface area contributed by atoms with Crippen LogP contribution in [0.1, 0.15) is 49.0 Å². The number of anilines is 1. The molecule has 0 amide bonds. The number of piperidine rings is 1. The molecule has 2 aliphatic rings. The monoisotopic (exact) mass is 482 g/mol. The van der Waals surface area contributed by atoms with Crippen molar-refractivity contribution in [2.75, 3.05) is 18.0 Å². The standard InChI is InChI=1S/C26H26N8O2/c1-15-11-18(12-19-23(15)31-24(30-19)16-4-5-16)36-22-13-21(28-14-29-22)33-9-6-17(7-10-33)34-20-3-2-8-27-25(20)32-26(34)35/h2-3,8,11-14,16-17H,4-7,9-10H2,1H3,(H,30,31)(H,27,32,35). The van der Waals surface area contributed by atoms with Crippen LogP contribution in [0.3, 0.4) is 0 Å². The fourth-order valence-corrected chi connectivity index (χ4v) is 5.24. The van der Waals surface area contributed by atoms with Gasteiger partial charge in [0.25, 0.3) is 0 Å². The van der Waals surface area contributed by atoms with E-state index < -0.39 is 0 Å². The van der Waals surface area contributed by atoms with Crippen LogP contribution in [-0.4, -0.2) is 47.6 Å². The topological polar surface area (TPSA) is 118 Å². The average Bonchev–Trinajstić information content (AvgIpc) is 3.56. The maximum atomic E-state index is 12.6. The molecule has 10 nitrogen and oxygen atoms in total. The molecule has 182 valence electrons. The minimum absolute atomic E-state index is 0.103. The molecule has 2 fully saturated rings. The van der Waals surface area contributed by atoms with Crippen LogP contribution in [0.25, 0.3) is 22.2 Å². The van der Waals surface area contributed by atoms with Gasteiger partial charge in [0.15, 0.2) is 5.65 Å². The Hall–Kier alpha value is -4.21. The van der Waals surface area contributed by atoms with E-state index in [0.717, 1.165) is 65.4 Å². The normalized spacial score (nSPS) is 16.8. The van der Waals surface area contributed by atoms with E-state index in [-0.39, 0.29) is 11.7 Å². The Labute approximate surface area is 206 Å². The maximum Gasteiger partial charge on any atom is 0.327 e. The summed E-state index contributed by atoms with van der Waals surface area (Å²) in [5, 5.41) is 0. The van der Waals surface area contributed by atoms with E-state index in [4.69, 9.17) is 9.72 Å². The van der Waals surface area contributed by atoms with Crippen molar-refractivity contribution in [1.29, 1.82) is 0 Å². The van der Waals surface area contributed by atoms with Crippen molar-refractivity contribution < 1.29 is 4.74 Å². The summed E-state index contributed by atoms with van der Waals surface area (Å²) in [7, 11) is 0. The number of aryl methyl sites for hydroxylation is 1. The van der Waals surface area contributed by atoms with E-state index in [1.807, 2.05) is 34.9 Å². The van der Waals surface area contributed by atoms with Gasteiger partial charge in [0.1, 0.15) is 23.7 Å². The maximum absolute atomic E-state index is 12.6. The van der Waals surface area contributed by atoms with Crippen LogP contribution < -0.4 is 15.3 Å². The molecule has 0 unspecified atom stereocenters. The minimum atomic E-state index is -0.103. The quantitative estimate of drug-likeness (QED) is 0.385. The van der Waals surface area contributed by atoms with E-state index in [2.05, 4.69) is 36.7 Å². The summed E-state index contributed by atoms with van der Waals surface area (Å²) in [6.07, 6.45) is 7.32. The molecule has 0 spiro atoms. The number of fused-ring (bicyclic) bond motifs is 2. The lowest BCUT2D eigenvalue weighted by molar-refractivity contribution is 0.394. The van der Waals surface area contributed by atoms with Crippen molar-refractivity contribution in [3.05, 3.63) is 64.7 Å². The second-order valence-electron chi connectivity index (χ2n) is 9.74. The van der Waals surface area contributed by atoms with E-state index in [1.54, 1.807) is 12.5 Å². The van der Waals surface area contributed by atoms with Crippen molar-refractivity contribution >= 4 is 28.0 Å². The van der Waals surface area contributed by atoms with Crippen LogP contribution in [0.15, 0.2) is 47.7 Å². The zero-order chi connectivity index (χ0) is 24.2. The number of rotatable bonds is 5. The molecule has 5 aromatic rings.